The van der Waals surface area contributed by atoms with E-state index in [2.05, 4.69) is 37.0 Å². The second-order valence-corrected chi connectivity index (χ2v) is 3.12. The van der Waals surface area contributed by atoms with Gasteiger partial charge < -0.3 is 0 Å². The van der Waals surface area contributed by atoms with Crippen LogP contribution in [0.4, 0.5) is 0 Å². The molecule has 58 valence electrons. The van der Waals surface area contributed by atoms with E-state index < -0.39 is 0 Å². The molecule has 0 saturated carbocycles. The summed E-state index contributed by atoms with van der Waals surface area (Å²) < 4.78 is 0.807. The summed E-state index contributed by atoms with van der Waals surface area (Å²) in [7, 11) is 0. The number of nitrogens with one attached hydrogen (secondary N) is 1. The van der Waals surface area contributed by atoms with Gasteiger partial charge in [-0.25, -0.2) is 4.98 Å². The van der Waals surface area contributed by atoms with Crippen LogP contribution in [0, 0.1) is 12.3 Å². The summed E-state index contributed by atoms with van der Waals surface area (Å²) in [6.45, 7) is 0. The van der Waals surface area contributed by atoms with Crippen molar-refractivity contribution in [2.45, 2.75) is 0 Å². The fraction of sp³-hybridized carbons (Fsp3) is 0. The highest BCUT2D eigenvalue weighted by Crippen LogP contribution is 2.18. The average molecular weight is 222 g/mol. The molecule has 2 aromatic heterocycles. The van der Waals surface area contributed by atoms with Crippen LogP contribution in [-0.2, 0) is 0 Å². The van der Waals surface area contributed by atoms with Gasteiger partial charge in [-0.1, -0.05) is 0 Å². The van der Waals surface area contributed by atoms with Crippen molar-refractivity contribution in [2.75, 3.05) is 0 Å². The Hall–Kier alpha value is -1.34. The maximum Gasteiger partial charge on any atom is 0.128 e. The Morgan fingerprint density at radius 2 is 2.42 bits per heavy atom. The summed E-state index contributed by atoms with van der Waals surface area (Å²) in [6.07, 6.45) is 6.88. The summed E-state index contributed by atoms with van der Waals surface area (Å²) in [5.74, 6) is 2.48. The van der Waals surface area contributed by atoms with E-state index in [1.807, 2.05) is 6.07 Å². The second-order valence-electron chi connectivity index (χ2n) is 2.27. The largest absolute Gasteiger partial charge is 0.276 e. The van der Waals surface area contributed by atoms with Gasteiger partial charge in [-0.15, -0.1) is 6.42 Å². The molecule has 0 unspecified atom stereocenters. The van der Waals surface area contributed by atoms with Gasteiger partial charge in [0, 0.05) is 0 Å². The second kappa shape index (κ2) is 2.61. The van der Waals surface area contributed by atoms with Crippen LogP contribution in [-0.4, -0.2) is 15.2 Å². The minimum absolute atomic E-state index is 0.601. The smallest absolute Gasteiger partial charge is 0.128 e. The van der Waals surface area contributed by atoms with E-state index >= 15 is 0 Å². The fourth-order valence-corrected chi connectivity index (χ4v) is 1.39. The Morgan fingerprint density at radius 3 is 3.17 bits per heavy atom. The summed E-state index contributed by atoms with van der Waals surface area (Å²) in [5.41, 5.74) is 2.26. The predicted octanol–water partition coefficient (Wildman–Crippen LogP) is 1.70. The van der Waals surface area contributed by atoms with Crippen molar-refractivity contribution < 1.29 is 0 Å². The lowest BCUT2D eigenvalue weighted by molar-refractivity contribution is 1.12. The summed E-state index contributed by atoms with van der Waals surface area (Å²) in [5, 5.41) is 6.64. The highest BCUT2D eigenvalue weighted by atomic mass is 79.9. The molecule has 0 amide bonds. The third kappa shape index (κ3) is 0.990. The summed E-state index contributed by atoms with van der Waals surface area (Å²) >= 11 is 3.31. The van der Waals surface area contributed by atoms with Gasteiger partial charge in [0.2, 0.25) is 0 Å². The molecule has 0 fully saturated rings. The number of pyridine rings is 1. The Labute approximate surface area is 77.3 Å². The molecular formula is C8H4BrN3. The van der Waals surface area contributed by atoms with E-state index in [0.717, 1.165) is 15.5 Å². The van der Waals surface area contributed by atoms with Gasteiger partial charge in [-0.3, -0.25) is 5.10 Å². The van der Waals surface area contributed by atoms with Gasteiger partial charge in [0.25, 0.3) is 0 Å². The van der Waals surface area contributed by atoms with Crippen molar-refractivity contribution >= 4 is 27.0 Å². The molecule has 0 saturated heterocycles. The highest BCUT2D eigenvalue weighted by Gasteiger charge is 2.02. The van der Waals surface area contributed by atoms with Crippen LogP contribution >= 0.6 is 15.9 Å². The lowest BCUT2D eigenvalue weighted by atomic mass is 10.3. The van der Waals surface area contributed by atoms with Gasteiger partial charge >= 0.3 is 0 Å². The molecule has 0 aliphatic rings. The first-order valence-electron chi connectivity index (χ1n) is 3.27. The maximum absolute atomic E-state index is 5.24. The van der Waals surface area contributed by atoms with E-state index in [4.69, 9.17) is 6.42 Å². The number of nitrogens with zero attached hydrogens (tertiary/aromatic N) is 2. The summed E-state index contributed by atoms with van der Waals surface area (Å²) in [4.78, 5) is 4.18. The molecule has 0 aromatic carbocycles. The SMILES string of the molecule is C#Cc1nc2cn[nH]c2cc1Br. The van der Waals surface area contributed by atoms with Gasteiger partial charge in [0.1, 0.15) is 11.2 Å². The van der Waals surface area contributed by atoms with Crippen LogP contribution in [0.2, 0.25) is 0 Å². The van der Waals surface area contributed by atoms with Crippen molar-refractivity contribution in [3.05, 3.63) is 22.4 Å². The molecule has 2 rings (SSSR count). The van der Waals surface area contributed by atoms with Crippen LogP contribution in [0.3, 0.4) is 0 Å². The first kappa shape index (κ1) is 7.32. The first-order chi connectivity index (χ1) is 5.81. The number of hydrogen-bond donors (Lipinski definition) is 1. The fourth-order valence-electron chi connectivity index (χ4n) is 0.955. The van der Waals surface area contributed by atoms with Crippen LogP contribution in [0.1, 0.15) is 5.69 Å². The molecule has 3 nitrogen and oxygen atoms in total. The van der Waals surface area contributed by atoms with E-state index in [1.54, 1.807) is 6.20 Å². The number of H-pyrrole nitrogens is 1. The molecule has 0 radical (unpaired) electrons. The quantitative estimate of drug-likeness (QED) is 0.689. The number of rotatable bonds is 0. The van der Waals surface area contributed by atoms with Crippen molar-refractivity contribution in [1.29, 1.82) is 0 Å². The molecule has 0 aliphatic heterocycles. The maximum atomic E-state index is 5.24. The number of fused-ring (bicyclic) bond motifs is 1. The molecule has 0 atom stereocenters. The molecule has 2 heterocycles. The zero-order valence-corrected chi connectivity index (χ0v) is 7.59. The van der Waals surface area contributed by atoms with Crippen LogP contribution < -0.4 is 0 Å². The lowest BCUT2D eigenvalue weighted by Crippen LogP contribution is -1.84. The van der Waals surface area contributed by atoms with Crippen molar-refractivity contribution in [3.63, 3.8) is 0 Å². The van der Waals surface area contributed by atoms with Gasteiger partial charge in [0.15, 0.2) is 0 Å². The molecule has 12 heavy (non-hydrogen) atoms. The molecule has 0 bridgehead atoms. The van der Waals surface area contributed by atoms with Crippen LogP contribution in [0.15, 0.2) is 16.7 Å². The monoisotopic (exact) mass is 221 g/mol. The molecular weight excluding hydrogens is 218 g/mol. The molecule has 4 heteroatoms. The Kier molecular flexibility index (Phi) is 1.59. The zero-order valence-electron chi connectivity index (χ0n) is 6.00. The minimum atomic E-state index is 0.601. The third-order valence-corrected chi connectivity index (χ3v) is 2.12. The number of terminal acetylenes is 1. The topological polar surface area (TPSA) is 41.6 Å². The zero-order chi connectivity index (χ0) is 8.55. The van der Waals surface area contributed by atoms with E-state index in [0.29, 0.717) is 5.69 Å². The average Bonchev–Trinajstić information content (AvgIpc) is 2.49. The molecule has 1 N–H and O–H groups in total. The van der Waals surface area contributed by atoms with E-state index in [-0.39, 0.29) is 0 Å². The summed E-state index contributed by atoms with van der Waals surface area (Å²) in [6, 6.07) is 1.87. The highest BCUT2D eigenvalue weighted by molar-refractivity contribution is 9.10. The van der Waals surface area contributed by atoms with Crippen LogP contribution in [0.25, 0.3) is 11.0 Å². The van der Waals surface area contributed by atoms with Crippen molar-refractivity contribution in [1.82, 2.24) is 15.2 Å². The Morgan fingerprint density at radius 1 is 1.58 bits per heavy atom. The van der Waals surface area contributed by atoms with Crippen molar-refractivity contribution in [2.24, 2.45) is 0 Å². The van der Waals surface area contributed by atoms with Gasteiger partial charge in [-0.2, -0.15) is 5.10 Å². The Balaban J connectivity index is 2.84. The van der Waals surface area contributed by atoms with Gasteiger partial charge in [-0.05, 0) is 27.9 Å². The molecule has 0 spiro atoms. The number of halogens is 1. The standard InChI is InChI=1S/C8H4BrN3/c1-2-6-5(9)3-7-8(11-6)4-10-12-7/h1,3-4H,(H,10,12). The first-order valence-corrected chi connectivity index (χ1v) is 4.07. The normalized spacial score (nSPS) is 10.0. The van der Waals surface area contributed by atoms with E-state index in [1.165, 1.54) is 0 Å². The number of aromatic amines is 1. The number of aromatic nitrogens is 3. The van der Waals surface area contributed by atoms with Gasteiger partial charge in [0.05, 0.1) is 16.2 Å². The minimum Gasteiger partial charge on any atom is -0.276 e. The predicted molar refractivity (Wildman–Crippen MR) is 49.5 cm³/mol. The van der Waals surface area contributed by atoms with Crippen molar-refractivity contribution in [3.8, 4) is 12.3 Å². The molecule has 2 aromatic rings. The molecule has 0 aliphatic carbocycles. The Bertz CT molecular complexity index is 467. The van der Waals surface area contributed by atoms with Crippen LogP contribution in [0.5, 0.6) is 0 Å². The number of hydrogen-bond acceptors (Lipinski definition) is 2. The third-order valence-electron chi connectivity index (χ3n) is 1.51. The van der Waals surface area contributed by atoms with E-state index in [9.17, 15) is 0 Å². The lowest BCUT2D eigenvalue weighted by Gasteiger charge is -1.94.